The summed E-state index contributed by atoms with van der Waals surface area (Å²) in [6.07, 6.45) is 4.67. The number of amides is 2. The first-order valence-electron chi connectivity index (χ1n) is 7.41. The number of aliphatic hydroxyl groups is 1. The number of rotatable bonds is 4. The Morgan fingerprint density at radius 2 is 2.00 bits per heavy atom. The van der Waals surface area contributed by atoms with E-state index in [2.05, 4.69) is 15.6 Å². The normalized spacial score (nSPS) is 21.2. The van der Waals surface area contributed by atoms with E-state index >= 15 is 0 Å². The molecule has 1 heterocycles. The quantitative estimate of drug-likeness (QED) is 0.653. The van der Waals surface area contributed by atoms with Gasteiger partial charge in [-0.25, -0.2) is 0 Å². The van der Waals surface area contributed by atoms with Crippen molar-refractivity contribution in [1.29, 1.82) is 0 Å². The van der Waals surface area contributed by atoms with Crippen molar-refractivity contribution in [3.63, 3.8) is 0 Å². The van der Waals surface area contributed by atoms with Crippen LogP contribution in [0.3, 0.4) is 0 Å². The second-order valence-corrected chi connectivity index (χ2v) is 5.69. The van der Waals surface area contributed by atoms with Gasteiger partial charge in [0, 0.05) is 25.8 Å². The van der Waals surface area contributed by atoms with E-state index in [1.54, 1.807) is 0 Å². The Kier molecular flexibility index (Phi) is 5.32. The lowest BCUT2D eigenvalue weighted by molar-refractivity contribution is -0.114. The molecule has 22 heavy (non-hydrogen) atoms. The van der Waals surface area contributed by atoms with Gasteiger partial charge in [0.1, 0.15) is 5.56 Å². The highest BCUT2D eigenvalue weighted by Crippen LogP contribution is 2.23. The van der Waals surface area contributed by atoms with Gasteiger partial charge in [-0.3, -0.25) is 14.4 Å². The number of hydrogen-bond donors (Lipinski definition) is 4. The van der Waals surface area contributed by atoms with Gasteiger partial charge in [-0.2, -0.15) is 0 Å². The summed E-state index contributed by atoms with van der Waals surface area (Å²) < 4.78 is 0. The average Bonchev–Trinajstić information content (AvgIpc) is 2.49. The van der Waals surface area contributed by atoms with E-state index in [9.17, 15) is 14.4 Å². The Balaban J connectivity index is 2.03. The number of anilines is 1. The topological polar surface area (TPSA) is 111 Å². The van der Waals surface area contributed by atoms with E-state index in [4.69, 9.17) is 5.11 Å². The molecule has 4 N–H and O–H groups in total. The Morgan fingerprint density at radius 3 is 2.59 bits per heavy atom. The van der Waals surface area contributed by atoms with Crippen LogP contribution in [-0.4, -0.2) is 34.6 Å². The molecule has 0 radical (unpaired) electrons. The maximum Gasteiger partial charge on any atom is 0.260 e. The Morgan fingerprint density at radius 1 is 1.32 bits per heavy atom. The van der Waals surface area contributed by atoms with Crippen molar-refractivity contribution in [1.82, 2.24) is 10.3 Å². The fourth-order valence-corrected chi connectivity index (χ4v) is 2.68. The first kappa shape index (κ1) is 16.2. The van der Waals surface area contributed by atoms with Gasteiger partial charge in [-0.1, -0.05) is 0 Å². The molecule has 1 aromatic rings. The fraction of sp³-hybridized carbons (Fsp3) is 0.533. The minimum Gasteiger partial charge on any atom is -0.396 e. The molecule has 0 aromatic carbocycles. The van der Waals surface area contributed by atoms with E-state index in [1.807, 2.05) is 0 Å². The molecule has 0 atom stereocenters. The van der Waals surface area contributed by atoms with Crippen LogP contribution in [0.15, 0.2) is 17.1 Å². The van der Waals surface area contributed by atoms with Gasteiger partial charge in [0.25, 0.3) is 11.5 Å². The van der Waals surface area contributed by atoms with Crippen LogP contribution >= 0.6 is 0 Å². The molecule has 0 spiro atoms. The third kappa shape index (κ3) is 4.17. The molecule has 120 valence electrons. The monoisotopic (exact) mass is 307 g/mol. The molecule has 1 aromatic heterocycles. The SMILES string of the molecule is CC(=O)Nc1c[nH]c(=O)c(C(=O)NC2CCC(CO)CC2)c1. The van der Waals surface area contributed by atoms with Crippen LogP contribution < -0.4 is 16.2 Å². The maximum atomic E-state index is 12.2. The molecule has 1 saturated carbocycles. The summed E-state index contributed by atoms with van der Waals surface area (Å²) in [7, 11) is 0. The molecule has 1 aliphatic carbocycles. The van der Waals surface area contributed by atoms with Crippen LogP contribution in [0.4, 0.5) is 5.69 Å². The first-order chi connectivity index (χ1) is 10.5. The number of aromatic amines is 1. The number of H-pyrrole nitrogens is 1. The van der Waals surface area contributed by atoms with Crippen LogP contribution in [0.2, 0.25) is 0 Å². The second-order valence-electron chi connectivity index (χ2n) is 5.69. The first-order valence-corrected chi connectivity index (χ1v) is 7.41. The minimum absolute atomic E-state index is 0.0131. The van der Waals surface area contributed by atoms with Crippen molar-refractivity contribution in [2.45, 2.75) is 38.6 Å². The summed E-state index contributed by atoms with van der Waals surface area (Å²) in [6.45, 7) is 1.53. The van der Waals surface area contributed by atoms with Crippen LogP contribution in [0, 0.1) is 5.92 Å². The number of aromatic nitrogens is 1. The van der Waals surface area contributed by atoms with Crippen molar-refractivity contribution >= 4 is 17.5 Å². The van der Waals surface area contributed by atoms with Crippen molar-refractivity contribution in [2.24, 2.45) is 5.92 Å². The van der Waals surface area contributed by atoms with E-state index in [-0.39, 0.29) is 24.1 Å². The summed E-state index contributed by atoms with van der Waals surface area (Å²) >= 11 is 0. The van der Waals surface area contributed by atoms with Crippen LogP contribution in [-0.2, 0) is 4.79 Å². The molecule has 2 rings (SSSR count). The molecule has 1 fully saturated rings. The molecule has 0 saturated heterocycles. The van der Waals surface area contributed by atoms with E-state index < -0.39 is 11.5 Å². The highest BCUT2D eigenvalue weighted by atomic mass is 16.3. The minimum atomic E-state index is -0.490. The van der Waals surface area contributed by atoms with Gasteiger partial charge in [0.2, 0.25) is 5.91 Å². The lowest BCUT2D eigenvalue weighted by Crippen LogP contribution is -2.40. The lowest BCUT2D eigenvalue weighted by Gasteiger charge is -2.27. The van der Waals surface area contributed by atoms with Gasteiger partial charge >= 0.3 is 0 Å². The zero-order valence-corrected chi connectivity index (χ0v) is 12.5. The van der Waals surface area contributed by atoms with Gasteiger partial charge < -0.3 is 20.7 Å². The Hall–Kier alpha value is -2.15. The Labute approximate surface area is 128 Å². The highest BCUT2D eigenvalue weighted by Gasteiger charge is 2.23. The molecule has 1 aliphatic rings. The van der Waals surface area contributed by atoms with Gasteiger partial charge in [-0.15, -0.1) is 0 Å². The van der Waals surface area contributed by atoms with Crippen molar-refractivity contribution in [2.75, 3.05) is 11.9 Å². The van der Waals surface area contributed by atoms with Crippen LogP contribution in [0.25, 0.3) is 0 Å². The molecule has 0 unspecified atom stereocenters. The molecule has 0 aliphatic heterocycles. The van der Waals surface area contributed by atoms with E-state index in [0.29, 0.717) is 11.6 Å². The maximum absolute atomic E-state index is 12.2. The predicted molar refractivity (Wildman–Crippen MR) is 81.7 cm³/mol. The zero-order valence-electron chi connectivity index (χ0n) is 12.5. The van der Waals surface area contributed by atoms with Crippen molar-refractivity contribution < 1.29 is 14.7 Å². The predicted octanol–water partition coefficient (Wildman–Crippen LogP) is 0.614. The number of carbonyl (C=O) groups excluding carboxylic acids is 2. The molecular weight excluding hydrogens is 286 g/mol. The zero-order chi connectivity index (χ0) is 16.1. The second kappa shape index (κ2) is 7.22. The van der Waals surface area contributed by atoms with Gasteiger partial charge in [0.05, 0.1) is 5.69 Å². The number of hydrogen-bond acceptors (Lipinski definition) is 4. The molecule has 2 amide bonds. The third-order valence-corrected chi connectivity index (χ3v) is 3.91. The lowest BCUT2D eigenvalue weighted by atomic mass is 9.86. The number of pyridine rings is 1. The largest absolute Gasteiger partial charge is 0.396 e. The third-order valence-electron chi connectivity index (χ3n) is 3.91. The fourth-order valence-electron chi connectivity index (χ4n) is 2.68. The molecule has 7 nitrogen and oxygen atoms in total. The van der Waals surface area contributed by atoms with Gasteiger partial charge in [-0.05, 0) is 37.7 Å². The summed E-state index contributed by atoms with van der Waals surface area (Å²) in [5.41, 5.74) is -0.132. The number of nitrogens with one attached hydrogen (secondary N) is 3. The molecule has 7 heteroatoms. The average molecular weight is 307 g/mol. The van der Waals surface area contributed by atoms with Crippen molar-refractivity contribution in [3.8, 4) is 0 Å². The van der Waals surface area contributed by atoms with Crippen LogP contribution in [0.5, 0.6) is 0 Å². The van der Waals surface area contributed by atoms with Gasteiger partial charge in [0.15, 0.2) is 0 Å². The van der Waals surface area contributed by atoms with E-state index in [1.165, 1.54) is 19.2 Å². The van der Waals surface area contributed by atoms with Crippen LogP contribution in [0.1, 0.15) is 43.0 Å². The number of carbonyl (C=O) groups is 2. The summed E-state index contributed by atoms with van der Waals surface area (Å²) in [5, 5.41) is 14.5. The summed E-state index contributed by atoms with van der Waals surface area (Å²) in [5.74, 6) is -0.415. The molecule has 0 bridgehead atoms. The number of aliphatic hydroxyl groups excluding tert-OH is 1. The summed E-state index contributed by atoms with van der Waals surface area (Å²) in [4.78, 5) is 37.5. The standard InChI is InChI=1S/C15H21N3O4/c1-9(20)17-12-6-13(14(21)16-7-12)15(22)18-11-4-2-10(8-19)3-5-11/h6-7,10-11,19H,2-5,8H2,1H3,(H,16,21)(H,17,20)(H,18,22). The molecular formula is C15H21N3O4. The Bertz CT molecular complexity index is 603. The smallest absolute Gasteiger partial charge is 0.260 e. The van der Waals surface area contributed by atoms with E-state index in [0.717, 1.165) is 25.7 Å². The summed E-state index contributed by atoms with van der Waals surface area (Å²) in [6, 6.07) is 1.38. The van der Waals surface area contributed by atoms with Crippen molar-refractivity contribution in [3.05, 3.63) is 28.2 Å². The highest BCUT2D eigenvalue weighted by molar-refractivity contribution is 5.96.